The standard InChI is InChI=1S/C22H29F2N5O2S/c1-16-6-4-5-9-28(16)20(31)14-26-10-12-27(13-11-26)19(30)15-29-18-8-3-2-7-17(18)25-22(29)32-21(23)24/h2-3,7-8,16,21H,4-6,9-15H2,1H3. The lowest BCUT2D eigenvalue weighted by atomic mass is 10.0. The van der Waals surface area contributed by atoms with Crippen LogP contribution in [-0.2, 0) is 16.1 Å². The van der Waals surface area contributed by atoms with Gasteiger partial charge in [-0.15, -0.1) is 0 Å². The fraction of sp³-hybridized carbons (Fsp3) is 0.591. The number of imidazole rings is 1. The third-order valence-electron chi connectivity index (χ3n) is 6.31. The van der Waals surface area contributed by atoms with Crippen molar-refractivity contribution in [3.05, 3.63) is 24.3 Å². The second-order valence-electron chi connectivity index (χ2n) is 8.44. The molecule has 2 amide bonds. The Hall–Kier alpha value is -2.20. The van der Waals surface area contributed by atoms with Gasteiger partial charge in [-0.3, -0.25) is 14.5 Å². The highest BCUT2D eigenvalue weighted by molar-refractivity contribution is 7.99. The predicted molar refractivity (Wildman–Crippen MR) is 120 cm³/mol. The van der Waals surface area contributed by atoms with Crippen LogP contribution in [0.1, 0.15) is 26.2 Å². The topological polar surface area (TPSA) is 61.7 Å². The van der Waals surface area contributed by atoms with E-state index in [0.717, 1.165) is 19.4 Å². The third kappa shape index (κ3) is 5.23. The van der Waals surface area contributed by atoms with E-state index in [1.165, 1.54) is 6.42 Å². The fourth-order valence-corrected chi connectivity index (χ4v) is 5.12. The van der Waals surface area contributed by atoms with Crippen LogP contribution in [0.5, 0.6) is 0 Å². The Morgan fingerprint density at radius 1 is 1.06 bits per heavy atom. The van der Waals surface area contributed by atoms with Gasteiger partial charge in [0.15, 0.2) is 5.16 Å². The van der Waals surface area contributed by atoms with E-state index in [2.05, 4.69) is 16.8 Å². The van der Waals surface area contributed by atoms with Crippen LogP contribution in [-0.4, -0.2) is 87.1 Å². The highest BCUT2D eigenvalue weighted by atomic mass is 32.2. The first kappa shape index (κ1) is 23.0. The number of piperidine rings is 1. The normalized spacial score (nSPS) is 20.3. The van der Waals surface area contributed by atoms with Crippen molar-refractivity contribution in [2.45, 2.75) is 49.7 Å². The number of hydrogen-bond donors (Lipinski definition) is 0. The number of amides is 2. The van der Waals surface area contributed by atoms with Crippen molar-refractivity contribution in [3.8, 4) is 0 Å². The van der Waals surface area contributed by atoms with E-state index in [1.54, 1.807) is 33.7 Å². The maximum absolute atomic E-state index is 13.0. The van der Waals surface area contributed by atoms with Crippen molar-refractivity contribution in [2.75, 3.05) is 39.3 Å². The van der Waals surface area contributed by atoms with E-state index in [4.69, 9.17) is 0 Å². The van der Waals surface area contributed by atoms with Gasteiger partial charge >= 0.3 is 0 Å². The number of thioether (sulfide) groups is 1. The van der Waals surface area contributed by atoms with Crippen LogP contribution < -0.4 is 0 Å². The minimum absolute atomic E-state index is 0.0280. The number of aromatic nitrogens is 2. The summed E-state index contributed by atoms with van der Waals surface area (Å²) in [6.45, 7) is 5.58. The maximum Gasteiger partial charge on any atom is 0.291 e. The molecular weight excluding hydrogens is 436 g/mol. The fourth-order valence-electron chi connectivity index (χ4n) is 4.52. The summed E-state index contributed by atoms with van der Waals surface area (Å²) in [5.74, 6) is -2.57. The van der Waals surface area contributed by atoms with E-state index in [9.17, 15) is 18.4 Å². The van der Waals surface area contributed by atoms with Crippen LogP contribution >= 0.6 is 11.8 Å². The van der Waals surface area contributed by atoms with Crippen LogP contribution in [0.3, 0.4) is 0 Å². The number of likely N-dealkylation sites (tertiary alicyclic amines) is 1. The average Bonchev–Trinajstić information content (AvgIpc) is 3.10. The first-order chi connectivity index (χ1) is 15.4. The number of alkyl halides is 2. The van der Waals surface area contributed by atoms with Crippen LogP contribution in [0, 0.1) is 0 Å². The zero-order valence-electron chi connectivity index (χ0n) is 18.3. The number of carbonyl (C=O) groups excluding carboxylic acids is 2. The predicted octanol–water partition coefficient (Wildman–Crippen LogP) is 2.90. The maximum atomic E-state index is 13.0. The van der Waals surface area contributed by atoms with Gasteiger partial charge in [0.25, 0.3) is 5.76 Å². The van der Waals surface area contributed by atoms with E-state index in [1.807, 2.05) is 4.90 Å². The number of halogens is 2. The molecule has 0 aliphatic carbocycles. The first-order valence-electron chi connectivity index (χ1n) is 11.1. The molecule has 0 spiro atoms. The first-order valence-corrected chi connectivity index (χ1v) is 12.0. The number of fused-ring (bicyclic) bond motifs is 1. The Kier molecular flexibility index (Phi) is 7.30. The molecule has 2 aliphatic heterocycles. The van der Waals surface area contributed by atoms with E-state index in [0.29, 0.717) is 61.6 Å². The molecule has 2 saturated heterocycles. The van der Waals surface area contributed by atoms with Gasteiger partial charge in [0, 0.05) is 38.8 Å². The quantitative estimate of drug-likeness (QED) is 0.614. The van der Waals surface area contributed by atoms with Gasteiger partial charge < -0.3 is 14.4 Å². The van der Waals surface area contributed by atoms with Crippen molar-refractivity contribution in [3.63, 3.8) is 0 Å². The van der Waals surface area contributed by atoms with Gasteiger partial charge in [-0.2, -0.15) is 8.78 Å². The zero-order valence-corrected chi connectivity index (χ0v) is 19.1. The van der Waals surface area contributed by atoms with Crippen LogP contribution in [0.15, 0.2) is 29.4 Å². The summed E-state index contributed by atoms with van der Waals surface area (Å²) in [6.07, 6.45) is 3.30. The summed E-state index contributed by atoms with van der Waals surface area (Å²) in [5.41, 5.74) is 1.27. The molecule has 0 N–H and O–H groups in total. The average molecular weight is 466 g/mol. The van der Waals surface area contributed by atoms with Crippen LogP contribution in [0.25, 0.3) is 11.0 Å². The van der Waals surface area contributed by atoms with Crippen LogP contribution in [0.2, 0.25) is 0 Å². The number of para-hydroxylation sites is 2. The van der Waals surface area contributed by atoms with Crippen molar-refractivity contribution in [1.82, 2.24) is 24.3 Å². The van der Waals surface area contributed by atoms with Gasteiger partial charge in [0.2, 0.25) is 11.8 Å². The molecule has 3 heterocycles. The molecule has 1 aromatic heterocycles. The molecule has 2 fully saturated rings. The monoisotopic (exact) mass is 465 g/mol. The van der Waals surface area contributed by atoms with Gasteiger partial charge in [-0.05, 0) is 50.1 Å². The van der Waals surface area contributed by atoms with Crippen LogP contribution in [0.4, 0.5) is 8.78 Å². The molecule has 1 unspecified atom stereocenters. The minimum Gasteiger partial charge on any atom is -0.339 e. The summed E-state index contributed by atoms with van der Waals surface area (Å²) in [5, 5.41) is 0.148. The van der Waals surface area contributed by atoms with E-state index >= 15 is 0 Å². The van der Waals surface area contributed by atoms with Crippen molar-refractivity contribution in [1.29, 1.82) is 0 Å². The van der Waals surface area contributed by atoms with E-state index < -0.39 is 5.76 Å². The molecule has 32 heavy (non-hydrogen) atoms. The highest BCUT2D eigenvalue weighted by Gasteiger charge is 2.28. The van der Waals surface area contributed by atoms with Crippen molar-refractivity contribution < 1.29 is 18.4 Å². The Morgan fingerprint density at radius 2 is 1.81 bits per heavy atom. The molecule has 0 radical (unpaired) electrons. The molecular formula is C22H29F2N5O2S. The number of benzene rings is 1. The lowest BCUT2D eigenvalue weighted by molar-refractivity contribution is -0.137. The summed E-state index contributed by atoms with van der Waals surface area (Å²) < 4.78 is 27.6. The lowest BCUT2D eigenvalue weighted by Crippen LogP contribution is -2.53. The summed E-state index contributed by atoms with van der Waals surface area (Å²) in [4.78, 5) is 35.7. The zero-order chi connectivity index (χ0) is 22.7. The Labute approximate surface area is 190 Å². The molecule has 1 atom stereocenters. The van der Waals surface area contributed by atoms with Gasteiger partial charge in [-0.1, -0.05) is 12.1 Å². The third-order valence-corrected chi connectivity index (χ3v) is 7.02. The van der Waals surface area contributed by atoms with Crippen molar-refractivity contribution >= 4 is 34.6 Å². The summed E-state index contributed by atoms with van der Waals surface area (Å²) >= 11 is 0.358. The van der Waals surface area contributed by atoms with Gasteiger partial charge in [-0.25, -0.2) is 4.98 Å². The summed E-state index contributed by atoms with van der Waals surface area (Å²) in [7, 11) is 0. The molecule has 0 saturated carbocycles. The second kappa shape index (κ2) is 10.2. The molecule has 4 rings (SSSR count). The lowest BCUT2D eigenvalue weighted by Gasteiger charge is -2.38. The number of rotatable bonds is 6. The smallest absolute Gasteiger partial charge is 0.291 e. The molecule has 0 bridgehead atoms. The van der Waals surface area contributed by atoms with Gasteiger partial charge in [0.05, 0.1) is 17.6 Å². The molecule has 174 valence electrons. The molecule has 10 heteroatoms. The Bertz CT molecular complexity index is 961. The Balaban J connectivity index is 1.34. The largest absolute Gasteiger partial charge is 0.339 e. The number of carbonyl (C=O) groups is 2. The molecule has 1 aromatic carbocycles. The number of nitrogens with zero attached hydrogens (tertiary/aromatic N) is 5. The molecule has 2 aromatic rings. The molecule has 2 aliphatic rings. The number of hydrogen-bond acceptors (Lipinski definition) is 5. The van der Waals surface area contributed by atoms with Gasteiger partial charge in [0.1, 0.15) is 6.54 Å². The Morgan fingerprint density at radius 3 is 2.53 bits per heavy atom. The second-order valence-corrected chi connectivity index (χ2v) is 9.39. The SMILES string of the molecule is CC1CCCCN1C(=O)CN1CCN(C(=O)Cn2c(SC(F)F)nc3ccccc32)CC1. The van der Waals surface area contributed by atoms with Crippen molar-refractivity contribution in [2.24, 2.45) is 0 Å². The van der Waals surface area contributed by atoms with E-state index in [-0.39, 0.29) is 23.5 Å². The minimum atomic E-state index is -2.61. The molecule has 7 nitrogen and oxygen atoms in total. The highest BCUT2D eigenvalue weighted by Crippen LogP contribution is 2.28. The summed E-state index contributed by atoms with van der Waals surface area (Å²) in [6, 6.07) is 7.44. The number of piperazine rings is 1.